The van der Waals surface area contributed by atoms with Crippen LogP contribution in [0.15, 0.2) is 35.5 Å². The van der Waals surface area contributed by atoms with Gasteiger partial charge in [0.2, 0.25) is 0 Å². The molecule has 98 valence electrons. The Labute approximate surface area is 114 Å². The SMILES string of the molecule is CO/N=C(\C)[C@]1(C#CC2CC2)C[C@H]1c1ccccc1. The first-order valence-electron chi connectivity index (χ1n) is 6.92. The first kappa shape index (κ1) is 12.3. The molecule has 0 amide bonds. The molecule has 0 aromatic heterocycles. The largest absolute Gasteiger partial charge is 0.399 e. The number of benzene rings is 1. The van der Waals surface area contributed by atoms with E-state index in [1.165, 1.54) is 18.4 Å². The van der Waals surface area contributed by atoms with Gasteiger partial charge in [-0.2, -0.15) is 0 Å². The van der Waals surface area contributed by atoms with E-state index in [0.29, 0.717) is 11.8 Å². The highest BCUT2D eigenvalue weighted by Crippen LogP contribution is 2.60. The third-order valence-corrected chi connectivity index (χ3v) is 4.11. The second kappa shape index (κ2) is 4.74. The van der Waals surface area contributed by atoms with Crippen LogP contribution in [-0.4, -0.2) is 12.8 Å². The molecule has 3 rings (SSSR count). The molecule has 0 spiro atoms. The Hall–Kier alpha value is -1.75. The summed E-state index contributed by atoms with van der Waals surface area (Å²) in [5.74, 6) is 8.02. The van der Waals surface area contributed by atoms with E-state index < -0.39 is 0 Å². The quantitative estimate of drug-likeness (QED) is 0.458. The second-order valence-electron chi connectivity index (χ2n) is 5.54. The summed E-state index contributed by atoms with van der Waals surface area (Å²) >= 11 is 0. The fourth-order valence-corrected chi connectivity index (χ4v) is 2.66. The molecule has 0 bridgehead atoms. The van der Waals surface area contributed by atoms with Crippen molar-refractivity contribution in [2.24, 2.45) is 16.5 Å². The molecule has 2 aliphatic rings. The normalized spacial score (nSPS) is 29.4. The van der Waals surface area contributed by atoms with Gasteiger partial charge in [-0.1, -0.05) is 47.3 Å². The number of nitrogens with zero attached hydrogens (tertiary/aromatic N) is 1. The van der Waals surface area contributed by atoms with E-state index in [1.54, 1.807) is 7.11 Å². The minimum Gasteiger partial charge on any atom is -0.399 e. The number of oxime groups is 1. The van der Waals surface area contributed by atoms with Crippen LogP contribution >= 0.6 is 0 Å². The van der Waals surface area contributed by atoms with Crippen LogP contribution in [-0.2, 0) is 4.84 Å². The third kappa shape index (κ3) is 2.38. The highest BCUT2D eigenvalue weighted by Gasteiger charge is 2.56. The minimum atomic E-state index is -0.0834. The first-order chi connectivity index (χ1) is 9.26. The number of rotatable bonds is 3. The summed E-state index contributed by atoms with van der Waals surface area (Å²) in [4.78, 5) is 4.96. The maximum absolute atomic E-state index is 4.96. The van der Waals surface area contributed by atoms with Gasteiger partial charge >= 0.3 is 0 Å². The van der Waals surface area contributed by atoms with Crippen LogP contribution in [0.5, 0.6) is 0 Å². The van der Waals surface area contributed by atoms with Gasteiger partial charge in [0.05, 0.1) is 11.1 Å². The van der Waals surface area contributed by atoms with E-state index in [2.05, 4.69) is 47.3 Å². The predicted molar refractivity (Wildman–Crippen MR) is 76.9 cm³/mol. The summed E-state index contributed by atoms with van der Waals surface area (Å²) in [6.07, 6.45) is 3.59. The average Bonchev–Trinajstić information content (AvgIpc) is 3.32. The van der Waals surface area contributed by atoms with Gasteiger partial charge in [0.1, 0.15) is 7.11 Å². The van der Waals surface area contributed by atoms with Crippen molar-refractivity contribution >= 4 is 5.71 Å². The molecule has 0 unspecified atom stereocenters. The Morgan fingerprint density at radius 3 is 2.68 bits per heavy atom. The number of hydrogen-bond acceptors (Lipinski definition) is 2. The summed E-state index contributed by atoms with van der Waals surface area (Å²) in [5, 5.41) is 4.15. The van der Waals surface area contributed by atoms with Gasteiger partial charge in [0.15, 0.2) is 0 Å². The molecule has 0 radical (unpaired) electrons. The lowest BCUT2D eigenvalue weighted by Gasteiger charge is -2.10. The lowest BCUT2D eigenvalue weighted by atomic mass is 9.95. The molecular formula is C17H19NO. The Morgan fingerprint density at radius 2 is 2.05 bits per heavy atom. The van der Waals surface area contributed by atoms with Crippen molar-refractivity contribution < 1.29 is 4.84 Å². The first-order valence-corrected chi connectivity index (χ1v) is 6.92. The second-order valence-corrected chi connectivity index (χ2v) is 5.54. The Bertz CT molecular complexity index is 548. The fraction of sp³-hybridized carbons (Fsp3) is 0.471. The molecule has 2 saturated carbocycles. The maximum Gasteiger partial charge on any atom is 0.106 e. The zero-order chi connectivity index (χ0) is 13.3. The van der Waals surface area contributed by atoms with Crippen LogP contribution in [0.4, 0.5) is 0 Å². The van der Waals surface area contributed by atoms with Gasteiger partial charge < -0.3 is 4.84 Å². The van der Waals surface area contributed by atoms with Crippen LogP contribution < -0.4 is 0 Å². The van der Waals surface area contributed by atoms with E-state index >= 15 is 0 Å². The molecule has 1 aromatic carbocycles. The van der Waals surface area contributed by atoms with Gasteiger partial charge in [-0.15, -0.1) is 0 Å². The summed E-state index contributed by atoms with van der Waals surface area (Å²) in [6, 6.07) is 10.6. The molecule has 2 heteroatoms. The summed E-state index contributed by atoms with van der Waals surface area (Å²) < 4.78 is 0. The predicted octanol–water partition coefficient (Wildman–Crippen LogP) is 3.60. The molecule has 2 nitrogen and oxygen atoms in total. The van der Waals surface area contributed by atoms with Crippen LogP contribution in [0.1, 0.15) is 37.7 Å². The van der Waals surface area contributed by atoms with Crippen LogP contribution in [0, 0.1) is 23.2 Å². The Balaban J connectivity index is 1.88. The van der Waals surface area contributed by atoms with Crippen molar-refractivity contribution in [1.29, 1.82) is 0 Å². The summed E-state index contributed by atoms with van der Waals surface area (Å²) in [5.41, 5.74) is 2.29. The lowest BCUT2D eigenvalue weighted by molar-refractivity contribution is 0.211. The van der Waals surface area contributed by atoms with Crippen molar-refractivity contribution in [3.8, 4) is 11.8 Å². The minimum absolute atomic E-state index is 0.0834. The molecule has 2 atom stereocenters. The highest BCUT2D eigenvalue weighted by atomic mass is 16.6. The fourth-order valence-electron chi connectivity index (χ4n) is 2.66. The molecule has 0 saturated heterocycles. The van der Waals surface area contributed by atoms with Gasteiger partial charge in [-0.05, 0) is 31.7 Å². The van der Waals surface area contributed by atoms with E-state index in [9.17, 15) is 0 Å². The van der Waals surface area contributed by atoms with E-state index in [1.807, 2.05) is 6.92 Å². The van der Waals surface area contributed by atoms with Gasteiger partial charge in [-0.3, -0.25) is 0 Å². The van der Waals surface area contributed by atoms with Crippen LogP contribution in [0.2, 0.25) is 0 Å². The monoisotopic (exact) mass is 253 g/mol. The van der Waals surface area contributed by atoms with Crippen molar-refractivity contribution in [2.45, 2.75) is 32.1 Å². The van der Waals surface area contributed by atoms with Crippen molar-refractivity contribution in [1.82, 2.24) is 0 Å². The molecular weight excluding hydrogens is 234 g/mol. The summed E-state index contributed by atoms with van der Waals surface area (Å²) in [6.45, 7) is 2.04. The van der Waals surface area contributed by atoms with Gasteiger partial charge in [0, 0.05) is 11.8 Å². The molecule has 0 heterocycles. The van der Waals surface area contributed by atoms with Crippen molar-refractivity contribution in [3.63, 3.8) is 0 Å². The van der Waals surface area contributed by atoms with Gasteiger partial charge in [-0.25, -0.2) is 0 Å². The van der Waals surface area contributed by atoms with E-state index in [4.69, 9.17) is 4.84 Å². The molecule has 2 aliphatic carbocycles. The molecule has 0 aliphatic heterocycles. The Kier molecular flexibility index (Phi) is 3.06. The molecule has 2 fully saturated rings. The third-order valence-electron chi connectivity index (χ3n) is 4.11. The lowest BCUT2D eigenvalue weighted by Crippen LogP contribution is -2.13. The Morgan fingerprint density at radius 1 is 1.32 bits per heavy atom. The van der Waals surface area contributed by atoms with Crippen LogP contribution in [0.3, 0.4) is 0 Å². The average molecular weight is 253 g/mol. The highest BCUT2D eigenvalue weighted by molar-refractivity contribution is 5.95. The molecule has 0 N–H and O–H groups in total. The van der Waals surface area contributed by atoms with Crippen molar-refractivity contribution in [3.05, 3.63) is 35.9 Å². The zero-order valence-electron chi connectivity index (χ0n) is 11.5. The van der Waals surface area contributed by atoms with E-state index in [0.717, 1.165) is 12.1 Å². The van der Waals surface area contributed by atoms with Crippen LogP contribution in [0.25, 0.3) is 0 Å². The van der Waals surface area contributed by atoms with Crippen molar-refractivity contribution in [2.75, 3.05) is 7.11 Å². The smallest absolute Gasteiger partial charge is 0.106 e. The van der Waals surface area contributed by atoms with Gasteiger partial charge in [0.25, 0.3) is 0 Å². The topological polar surface area (TPSA) is 21.6 Å². The zero-order valence-corrected chi connectivity index (χ0v) is 11.5. The molecule has 1 aromatic rings. The number of hydrogen-bond donors (Lipinski definition) is 0. The summed E-state index contributed by atoms with van der Waals surface area (Å²) in [7, 11) is 1.60. The maximum atomic E-state index is 4.96. The molecule has 19 heavy (non-hydrogen) atoms. The standard InChI is InChI=1S/C17H19NO/c1-13(18-19-2)17(11-10-14-8-9-14)12-16(17)15-6-4-3-5-7-15/h3-7,14,16H,8-9,12H2,1-2H3/b18-13+/t16-,17-/m0/s1. The van der Waals surface area contributed by atoms with E-state index in [-0.39, 0.29) is 5.41 Å².